The van der Waals surface area contributed by atoms with Gasteiger partial charge in [0, 0.05) is 5.56 Å². The van der Waals surface area contributed by atoms with Gasteiger partial charge in [0.2, 0.25) is 0 Å². The van der Waals surface area contributed by atoms with Crippen LogP contribution in [0.15, 0.2) is 53.7 Å². The molecule has 0 fully saturated rings. The number of nitrogens with zero attached hydrogens (tertiary/aromatic N) is 1. The molecule has 2 aromatic carbocycles. The quantitative estimate of drug-likeness (QED) is 0.495. The van der Waals surface area contributed by atoms with E-state index in [0.717, 1.165) is 16.9 Å². The molecule has 0 bridgehead atoms. The minimum Gasteiger partial charge on any atom is -0.489 e. The van der Waals surface area contributed by atoms with Gasteiger partial charge in [0.15, 0.2) is 0 Å². The molecule has 0 aliphatic heterocycles. The third-order valence-electron chi connectivity index (χ3n) is 3.45. The van der Waals surface area contributed by atoms with Crippen LogP contribution in [0.1, 0.15) is 43.4 Å². The van der Waals surface area contributed by atoms with Gasteiger partial charge in [-0.1, -0.05) is 55.4 Å². The van der Waals surface area contributed by atoms with Crippen molar-refractivity contribution in [3.63, 3.8) is 0 Å². The summed E-state index contributed by atoms with van der Waals surface area (Å²) in [4.78, 5) is 0. The molecule has 0 amide bonds. The summed E-state index contributed by atoms with van der Waals surface area (Å²) >= 11 is 0. The summed E-state index contributed by atoms with van der Waals surface area (Å²) in [6.45, 7) is 6.64. The molecule has 0 unspecified atom stereocenters. The van der Waals surface area contributed by atoms with Crippen LogP contribution in [-0.2, 0) is 6.61 Å². The summed E-state index contributed by atoms with van der Waals surface area (Å²) in [7, 11) is 0. The number of rotatable bonds is 5. The van der Waals surface area contributed by atoms with Gasteiger partial charge in [0.25, 0.3) is 0 Å². The smallest absolute Gasteiger partial charge is 0.120 e. The van der Waals surface area contributed by atoms with Gasteiger partial charge in [0.1, 0.15) is 12.4 Å². The van der Waals surface area contributed by atoms with Crippen molar-refractivity contribution < 1.29 is 9.94 Å². The average molecular weight is 283 g/mol. The second-order valence-electron chi connectivity index (χ2n) is 5.40. The van der Waals surface area contributed by atoms with Gasteiger partial charge >= 0.3 is 0 Å². The Balaban J connectivity index is 2.03. The molecule has 2 rings (SSSR count). The number of hydrogen-bond acceptors (Lipinski definition) is 3. The van der Waals surface area contributed by atoms with E-state index in [2.05, 4.69) is 43.3 Å². The molecule has 0 aliphatic carbocycles. The molecule has 0 radical (unpaired) electrons. The highest BCUT2D eigenvalue weighted by atomic mass is 16.5. The van der Waals surface area contributed by atoms with Gasteiger partial charge in [-0.05, 0) is 36.1 Å². The zero-order valence-electron chi connectivity index (χ0n) is 12.7. The summed E-state index contributed by atoms with van der Waals surface area (Å²) in [6.07, 6.45) is 0. The first-order chi connectivity index (χ1) is 10.1. The maximum atomic E-state index is 8.80. The van der Waals surface area contributed by atoms with Crippen LogP contribution in [0.3, 0.4) is 0 Å². The van der Waals surface area contributed by atoms with Crippen molar-refractivity contribution in [2.24, 2.45) is 5.16 Å². The van der Waals surface area contributed by atoms with Crippen molar-refractivity contribution in [2.75, 3.05) is 0 Å². The zero-order valence-corrected chi connectivity index (χ0v) is 12.7. The van der Waals surface area contributed by atoms with Crippen LogP contribution in [0.25, 0.3) is 0 Å². The Hall–Kier alpha value is -2.29. The fourth-order valence-corrected chi connectivity index (χ4v) is 2.03. The molecule has 0 aliphatic rings. The SMILES string of the molecule is C/C(=N\O)c1cccc(OCc2ccc(C(C)C)cc2)c1. The van der Waals surface area contributed by atoms with Gasteiger partial charge in [-0.3, -0.25) is 0 Å². The van der Waals surface area contributed by atoms with Crippen LogP contribution in [0.4, 0.5) is 0 Å². The van der Waals surface area contributed by atoms with Crippen molar-refractivity contribution in [3.8, 4) is 5.75 Å². The first kappa shape index (κ1) is 15.1. The van der Waals surface area contributed by atoms with E-state index >= 15 is 0 Å². The van der Waals surface area contributed by atoms with E-state index in [1.807, 2.05) is 24.3 Å². The fourth-order valence-electron chi connectivity index (χ4n) is 2.03. The highest BCUT2D eigenvalue weighted by molar-refractivity contribution is 5.98. The van der Waals surface area contributed by atoms with Crippen LogP contribution < -0.4 is 4.74 Å². The Kier molecular flexibility index (Phi) is 4.99. The molecule has 0 saturated carbocycles. The summed E-state index contributed by atoms with van der Waals surface area (Å²) in [5.41, 5.74) is 3.89. The molecule has 0 atom stereocenters. The highest BCUT2D eigenvalue weighted by Gasteiger charge is 2.02. The molecule has 21 heavy (non-hydrogen) atoms. The summed E-state index contributed by atoms with van der Waals surface area (Å²) in [5.74, 6) is 1.31. The van der Waals surface area contributed by atoms with E-state index in [-0.39, 0.29) is 0 Å². The minimum absolute atomic E-state index is 0.525. The van der Waals surface area contributed by atoms with Gasteiger partial charge < -0.3 is 9.94 Å². The molecular formula is C18H21NO2. The van der Waals surface area contributed by atoms with Crippen LogP contribution >= 0.6 is 0 Å². The van der Waals surface area contributed by atoms with Gasteiger partial charge in [-0.2, -0.15) is 0 Å². The molecule has 0 aromatic heterocycles. The Morgan fingerprint density at radius 2 is 1.86 bits per heavy atom. The molecule has 1 N–H and O–H groups in total. The highest BCUT2D eigenvalue weighted by Crippen LogP contribution is 2.18. The molecule has 2 aromatic rings. The van der Waals surface area contributed by atoms with Crippen molar-refractivity contribution in [1.29, 1.82) is 0 Å². The first-order valence-corrected chi connectivity index (χ1v) is 7.11. The Labute approximate surface area is 125 Å². The van der Waals surface area contributed by atoms with Crippen molar-refractivity contribution in [2.45, 2.75) is 33.3 Å². The minimum atomic E-state index is 0.525. The van der Waals surface area contributed by atoms with Gasteiger partial charge in [-0.25, -0.2) is 0 Å². The van der Waals surface area contributed by atoms with E-state index < -0.39 is 0 Å². The third kappa shape index (κ3) is 4.09. The maximum Gasteiger partial charge on any atom is 0.120 e. The number of hydrogen-bond donors (Lipinski definition) is 1. The first-order valence-electron chi connectivity index (χ1n) is 7.11. The lowest BCUT2D eigenvalue weighted by Gasteiger charge is -2.09. The van der Waals surface area contributed by atoms with E-state index in [1.165, 1.54) is 5.56 Å². The van der Waals surface area contributed by atoms with Crippen molar-refractivity contribution in [3.05, 3.63) is 65.2 Å². The van der Waals surface area contributed by atoms with Crippen LogP contribution in [-0.4, -0.2) is 10.9 Å². The Morgan fingerprint density at radius 1 is 1.14 bits per heavy atom. The summed E-state index contributed by atoms with van der Waals surface area (Å²) in [6, 6.07) is 16.0. The standard InChI is InChI=1S/C18H21NO2/c1-13(2)16-9-7-15(8-10-16)12-21-18-6-4-5-17(11-18)14(3)19-20/h4-11,13,20H,12H2,1-3H3/b19-14+. The second kappa shape index (κ2) is 6.93. The topological polar surface area (TPSA) is 41.8 Å². The van der Waals surface area contributed by atoms with E-state index in [1.54, 1.807) is 6.92 Å². The predicted molar refractivity (Wildman–Crippen MR) is 85.3 cm³/mol. The lowest BCUT2D eigenvalue weighted by Crippen LogP contribution is -1.99. The monoisotopic (exact) mass is 283 g/mol. The number of ether oxygens (including phenoxy) is 1. The molecule has 3 nitrogen and oxygen atoms in total. The predicted octanol–water partition coefficient (Wildman–Crippen LogP) is 4.59. The normalized spacial score (nSPS) is 11.7. The largest absolute Gasteiger partial charge is 0.489 e. The molecule has 110 valence electrons. The molecular weight excluding hydrogens is 262 g/mol. The van der Waals surface area contributed by atoms with Crippen LogP contribution in [0.2, 0.25) is 0 Å². The van der Waals surface area contributed by atoms with Crippen LogP contribution in [0.5, 0.6) is 5.75 Å². The Bertz CT molecular complexity index is 615. The summed E-state index contributed by atoms with van der Waals surface area (Å²) < 4.78 is 5.79. The fraction of sp³-hybridized carbons (Fsp3) is 0.278. The lowest BCUT2D eigenvalue weighted by atomic mass is 10.0. The number of oxime groups is 1. The van der Waals surface area contributed by atoms with E-state index in [0.29, 0.717) is 18.2 Å². The maximum absolute atomic E-state index is 8.80. The van der Waals surface area contributed by atoms with Gasteiger partial charge in [-0.15, -0.1) is 0 Å². The summed E-state index contributed by atoms with van der Waals surface area (Å²) in [5, 5.41) is 12.0. The molecule has 0 heterocycles. The molecule has 0 saturated heterocycles. The number of benzene rings is 2. The van der Waals surface area contributed by atoms with Crippen LogP contribution in [0, 0.1) is 0 Å². The van der Waals surface area contributed by atoms with E-state index in [4.69, 9.17) is 9.94 Å². The van der Waals surface area contributed by atoms with Gasteiger partial charge in [0.05, 0.1) is 5.71 Å². The second-order valence-corrected chi connectivity index (χ2v) is 5.40. The third-order valence-corrected chi connectivity index (χ3v) is 3.45. The zero-order chi connectivity index (χ0) is 15.2. The average Bonchev–Trinajstić information content (AvgIpc) is 2.52. The molecule has 0 spiro atoms. The van der Waals surface area contributed by atoms with E-state index in [9.17, 15) is 0 Å². The lowest BCUT2D eigenvalue weighted by molar-refractivity contribution is 0.306. The van der Waals surface area contributed by atoms with Crippen molar-refractivity contribution in [1.82, 2.24) is 0 Å². The molecule has 3 heteroatoms. The van der Waals surface area contributed by atoms with Crippen molar-refractivity contribution >= 4 is 5.71 Å². The Morgan fingerprint density at radius 3 is 2.48 bits per heavy atom.